The number of amides is 1. The Labute approximate surface area is 195 Å². The van der Waals surface area contributed by atoms with E-state index < -0.39 is 0 Å². The van der Waals surface area contributed by atoms with Gasteiger partial charge in [-0.2, -0.15) is 0 Å². The van der Waals surface area contributed by atoms with Gasteiger partial charge in [0.05, 0.1) is 16.8 Å². The normalized spacial score (nSPS) is 12.0. The minimum Gasteiger partial charge on any atom is -0.346 e. The highest BCUT2D eigenvalue weighted by Gasteiger charge is 2.22. The van der Waals surface area contributed by atoms with E-state index in [4.69, 9.17) is 23.2 Å². The summed E-state index contributed by atoms with van der Waals surface area (Å²) >= 11 is 14.0. The van der Waals surface area contributed by atoms with Crippen molar-refractivity contribution in [3.05, 3.63) is 69.7 Å². The van der Waals surface area contributed by atoms with Crippen LogP contribution < -0.4 is 5.32 Å². The van der Waals surface area contributed by atoms with Crippen LogP contribution in [0.1, 0.15) is 50.5 Å². The van der Waals surface area contributed by atoms with Crippen LogP contribution in [0.25, 0.3) is 5.69 Å². The zero-order valence-electron chi connectivity index (χ0n) is 17.2. The lowest BCUT2D eigenvalue weighted by atomic mass is 10.2. The molecule has 164 valence electrons. The van der Waals surface area contributed by atoms with Crippen molar-refractivity contribution in [2.45, 2.75) is 50.1 Å². The molecule has 9 heteroatoms. The molecule has 5 nitrogen and oxygen atoms in total. The minimum atomic E-state index is -0.372. The lowest BCUT2D eigenvalue weighted by Crippen LogP contribution is -2.28. The highest BCUT2D eigenvalue weighted by atomic mass is 35.5. The average Bonchev–Trinajstić information content (AvgIpc) is 3.15. The number of benzene rings is 2. The second kappa shape index (κ2) is 11.0. The molecule has 0 aliphatic carbocycles. The molecule has 0 bridgehead atoms. The summed E-state index contributed by atoms with van der Waals surface area (Å²) in [4.78, 5) is 12.2. The number of hydrogen-bond donors (Lipinski definition) is 1. The monoisotopic (exact) mass is 480 g/mol. The van der Waals surface area contributed by atoms with Crippen LogP contribution in [0.2, 0.25) is 10.0 Å². The fraction of sp³-hybridized carbons (Fsp3) is 0.318. The zero-order valence-corrected chi connectivity index (χ0v) is 19.6. The van der Waals surface area contributed by atoms with E-state index in [2.05, 4.69) is 15.5 Å². The molecule has 31 heavy (non-hydrogen) atoms. The molecule has 1 atom stereocenters. The SMILES string of the molecule is CCCCC(=O)NC(C)c1nnc(SCc2ccc(F)cc2)n1-c1ccc(Cl)cc1Cl. The molecule has 0 aliphatic rings. The molecule has 0 radical (unpaired) electrons. The van der Waals surface area contributed by atoms with E-state index in [1.54, 1.807) is 30.3 Å². The molecule has 1 aromatic heterocycles. The van der Waals surface area contributed by atoms with Crippen LogP contribution in [-0.4, -0.2) is 20.7 Å². The van der Waals surface area contributed by atoms with Crippen LogP contribution in [0.3, 0.4) is 0 Å². The van der Waals surface area contributed by atoms with Gasteiger partial charge in [-0.1, -0.05) is 60.4 Å². The van der Waals surface area contributed by atoms with Gasteiger partial charge in [-0.3, -0.25) is 9.36 Å². The number of halogens is 3. The van der Waals surface area contributed by atoms with E-state index in [1.807, 2.05) is 18.4 Å². The highest BCUT2D eigenvalue weighted by molar-refractivity contribution is 7.98. The summed E-state index contributed by atoms with van der Waals surface area (Å²) < 4.78 is 15.0. The summed E-state index contributed by atoms with van der Waals surface area (Å²) in [5.41, 5.74) is 1.62. The Morgan fingerprint density at radius 3 is 2.61 bits per heavy atom. The second-order valence-electron chi connectivity index (χ2n) is 7.08. The molecule has 1 amide bonds. The molecule has 1 N–H and O–H groups in total. The maximum absolute atomic E-state index is 13.2. The lowest BCUT2D eigenvalue weighted by Gasteiger charge is -2.17. The summed E-state index contributed by atoms with van der Waals surface area (Å²) in [5, 5.41) is 13.2. The van der Waals surface area contributed by atoms with Crippen molar-refractivity contribution in [2.75, 3.05) is 0 Å². The predicted octanol–water partition coefficient (Wildman–Crippen LogP) is 6.37. The van der Waals surface area contributed by atoms with Crippen LogP contribution in [-0.2, 0) is 10.5 Å². The molecule has 0 aliphatic heterocycles. The fourth-order valence-electron chi connectivity index (χ4n) is 2.99. The summed E-state index contributed by atoms with van der Waals surface area (Å²) in [6, 6.07) is 11.1. The maximum atomic E-state index is 13.2. The van der Waals surface area contributed by atoms with Gasteiger partial charge in [0.15, 0.2) is 11.0 Å². The fourth-order valence-corrected chi connectivity index (χ4v) is 4.39. The van der Waals surface area contributed by atoms with Crippen LogP contribution in [0.4, 0.5) is 4.39 Å². The van der Waals surface area contributed by atoms with Crippen LogP contribution in [0, 0.1) is 5.82 Å². The Kier molecular flexibility index (Phi) is 8.35. The first-order chi connectivity index (χ1) is 14.9. The number of thioether (sulfide) groups is 1. The van der Waals surface area contributed by atoms with E-state index in [0.717, 1.165) is 18.4 Å². The Hall–Kier alpha value is -2.09. The minimum absolute atomic E-state index is 0.0355. The van der Waals surface area contributed by atoms with Gasteiger partial charge in [0.1, 0.15) is 5.82 Å². The van der Waals surface area contributed by atoms with Gasteiger partial charge in [0.2, 0.25) is 5.91 Å². The molecule has 2 aromatic carbocycles. The highest BCUT2D eigenvalue weighted by Crippen LogP contribution is 2.32. The molecule has 0 fully saturated rings. The molecule has 3 rings (SSSR count). The summed E-state index contributed by atoms with van der Waals surface area (Å²) in [7, 11) is 0. The second-order valence-corrected chi connectivity index (χ2v) is 8.87. The predicted molar refractivity (Wildman–Crippen MR) is 123 cm³/mol. The quantitative estimate of drug-likeness (QED) is 0.361. The maximum Gasteiger partial charge on any atom is 0.220 e. The molecule has 1 unspecified atom stereocenters. The van der Waals surface area contributed by atoms with Crippen LogP contribution >= 0.6 is 35.0 Å². The third-order valence-electron chi connectivity index (χ3n) is 4.61. The van der Waals surface area contributed by atoms with Crippen molar-refractivity contribution in [2.24, 2.45) is 0 Å². The number of rotatable bonds is 9. The number of carbonyl (C=O) groups excluding carboxylic acids is 1. The first kappa shape index (κ1) is 23.6. The van der Waals surface area contributed by atoms with E-state index in [9.17, 15) is 9.18 Å². The van der Waals surface area contributed by atoms with Crippen molar-refractivity contribution >= 4 is 40.9 Å². The van der Waals surface area contributed by atoms with Gasteiger partial charge in [-0.15, -0.1) is 10.2 Å². The first-order valence-electron chi connectivity index (χ1n) is 9.96. The Morgan fingerprint density at radius 2 is 1.94 bits per heavy atom. The standard InChI is InChI=1S/C22H23Cl2FN4OS/c1-3-4-5-20(30)26-14(2)21-27-28-22(31-13-15-6-9-17(25)10-7-15)29(21)19-11-8-16(23)12-18(19)24/h6-12,14H,3-5,13H2,1-2H3,(H,26,30). The number of unbranched alkanes of at least 4 members (excludes halogenated alkanes) is 1. The largest absolute Gasteiger partial charge is 0.346 e. The van der Waals surface area contributed by atoms with Crippen molar-refractivity contribution < 1.29 is 9.18 Å². The number of aromatic nitrogens is 3. The molecular formula is C22H23Cl2FN4OS. The number of hydrogen-bond acceptors (Lipinski definition) is 4. The van der Waals surface area contributed by atoms with Gasteiger partial charge in [-0.05, 0) is 49.2 Å². The molecule has 0 saturated carbocycles. The van der Waals surface area contributed by atoms with Gasteiger partial charge in [0.25, 0.3) is 0 Å². The third kappa shape index (κ3) is 6.21. The van der Waals surface area contributed by atoms with Gasteiger partial charge in [-0.25, -0.2) is 4.39 Å². The van der Waals surface area contributed by atoms with Gasteiger partial charge >= 0.3 is 0 Å². The lowest BCUT2D eigenvalue weighted by molar-refractivity contribution is -0.121. The van der Waals surface area contributed by atoms with Crippen molar-refractivity contribution in [1.82, 2.24) is 20.1 Å². The Morgan fingerprint density at radius 1 is 1.19 bits per heavy atom. The zero-order chi connectivity index (χ0) is 22.4. The van der Waals surface area contributed by atoms with Crippen molar-refractivity contribution in [1.29, 1.82) is 0 Å². The Balaban J connectivity index is 1.91. The first-order valence-corrected chi connectivity index (χ1v) is 11.7. The third-order valence-corrected chi connectivity index (χ3v) is 6.15. The van der Waals surface area contributed by atoms with Gasteiger partial charge in [0, 0.05) is 17.2 Å². The van der Waals surface area contributed by atoms with E-state index in [1.165, 1.54) is 23.9 Å². The number of carbonyl (C=O) groups is 1. The Bertz CT molecular complexity index is 1040. The van der Waals surface area contributed by atoms with E-state index in [-0.39, 0.29) is 17.8 Å². The van der Waals surface area contributed by atoms with Crippen molar-refractivity contribution in [3.63, 3.8) is 0 Å². The van der Waals surface area contributed by atoms with Crippen LogP contribution in [0.15, 0.2) is 47.6 Å². The van der Waals surface area contributed by atoms with E-state index in [0.29, 0.717) is 38.9 Å². The number of nitrogens with one attached hydrogen (secondary N) is 1. The van der Waals surface area contributed by atoms with Gasteiger partial charge < -0.3 is 5.32 Å². The average molecular weight is 481 g/mol. The summed E-state index contributed by atoms with van der Waals surface area (Å²) in [6.07, 6.45) is 2.23. The number of nitrogens with zero attached hydrogens (tertiary/aromatic N) is 3. The van der Waals surface area contributed by atoms with Crippen LogP contribution in [0.5, 0.6) is 0 Å². The molecule has 3 aromatic rings. The summed E-state index contributed by atoms with van der Waals surface area (Å²) in [6.45, 7) is 3.91. The molecule has 0 spiro atoms. The topological polar surface area (TPSA) is 59.8 Å². The van der Waals surface area contributed by atoms with E-state index >= 15 is 0 Å². The van der Waals surface area contributed by atoms with Crippen molar-refractivity contribution in [3.8, 4) is 5.69 Å². The molecule has 1 heterocycles. The molecular weight excluding hydrogens is 458 g/mol. The smallest absolute Gasteiger partial charge is 0.220 e. The summed E-state index contributed by atoms with van der Waals surface area (Å²) in [5.74, 6) is 0.822. The molecule has 0 saturated heterocycles.